The van der Waals surface area contributed by atoms with E-state index in [4.69, 9.17) is 25.8 Å². The van der Waals surface area contributed by atoms with Gasteiger partial charge in [-0.25, -0.2) is 9.79 Å². The third-order valence-corrected chi connectivity index (χ3v) is 7.79. The standard InChI is InChI=1S/C28H23ClF3IN2O5S/c1-4-11-40-23-18(33)12-15(13-19(23)38-5-2)14-20-25(36)35-22(16-7-9-17(29)10-8-16)21(26(37)39-6-3)24(28(30,31)32)34-27(35)41-20/h4,7-10,12-14,22H,1,5-6,11H2,2-3H3/b20-14-/t22-/m0/s1. The molecule has 4 rings (SSSR count). The van der Waals surface area contributed by atoms with Crippen LogP contribution < -0.4 is 24.4 Å². The minimum absolute atomic E-state index is 0.104. The molecule has 13 heteroatoms. The summed E-state index contributed by atoms with van der Waals surface area (Å²) in [5.41, 5.74) is -2.04. The highest BCUT2D eigenvalue weighted by Crippen LogP contribution is 2.39. The maximum Gasteiger partial charge on any atom is 0.434 e. The molecule has 0 fully saturated rings. The molecule has 0 N–H and O–H groups in total. The Bertz CT molecular complexity index is 1700. The van der Waals surface area contributed by atoms with Crippen molar-refractivity contribution in [3.63, 3.8) is 0 Å². The maximum atomic E-state index is 14.3. The van der Waals surface area contributed by atoms with Gasteiger partial charge in [-0.15, -0.1) is 0 Å². The average Bonchev–Trinajstić information content (AvgIpc) is 3.22. The summed E-state index contributed by atoms with van der Waals surface area (Å²) >= 11 is 8.86. The van der Waals surface area contributed by atoms with Gasteiger partial charge in [0.1, 0.15) is 6.61 Å². The normalized spacial score (nSPS) is 15.3. The van der Waals surface area contributed by atoms with Gasteiger partial charge < -0.3 is 14.2 Å². The summed E-state index contributed by atoms with van der Waals surface area (Å²) in [7, 11) is 0. The molecule has 2 aromatic carbocycles. The monoisotopic (exact) mass is 718 g/mol. The zero-order chi connectivity index (χ0) is 29.9. The summed E-state index contributed by atoms with van der Waals surface area (Å²) in [6, 6.07) is 7.83. The second kappa shape index (κ2) is 12.8. The van der Waals surface area contributed by atoms with Crippen LogP contribution in [0.2, 0.25) is 5.02 Å². The molecule has 0 saturated carbocycles. The number of nitrogens with zero attached hydrogens (tertiary/aromatic N) is 2. The minimum atomic E-state index is -4.99. The fraction of sp³-hybridized carbons (Fsp3) is 0.250. The van der Waals surface area contributed by atoms with Gasteiger partial charge in [0, 0.05) is 5.02 Å². The molecule has 0 spiro atoms. The van der Waals surface area contributed by atoms with E-state index in [1.807, 2.05) is 6.92 Å². The van der Waals surface area contributed by atoms with Crippen LogP contribution in [-0.4, -0.2) is 36.5 Å². The number of alkyl halides is 3. The first kappa shape index (κ1) is 30.8. The number of ether oxygens (including phenoxy) is 3. The minimum Gasteiger partial charge on any atom is -0.490 e. The van der Waals surface area contributed by atoms with Crippen LogP contribution in [0.3, 0.4) is 0 Å². The topological polar surface area (TPSA) is 79.1 Å². The van der Waals surface area contributed by atoms with Gasteiger partial charge in [0.15, 0.2) is 22.0 Å². The Morgan fingerprint density at radius 2 is 1.90 bits per heavy atom. The number of fused-ring (bicyclic) bond motifs is 1. The van der Waals surface area contributed by atoms with Crippen LogP contribution in [-0.2, 0) is 9.53 Å². The molecule has 1 atom stereocenters. The lowest BCUT2D eigenvalue weighted by Gasteiger charge is -2.26. The molecule has 0 bridgehead atoms. The zero-order valence-corrected chi connectivity index (χ0v) is 25.5. The van der Waals surface area contributed by atoms with Crippen molar-refractivity contribution in [1.29, 1.82) is 0 Å². The SMILES string of the molecule is C=CCOc1c(I)cc(/C=c2\sc3n(c2=O)[C@@H](c2ccc(Cl)cc2)C(C(=O)OCC)=C(C(F)(F)F)N=3)cc1OCC. The van der Waals surface area contributed by atoms with Crippen molar-refractivity contribution >= 4 is 57.6 Å². The zero-order valence-electron chi connectivity index (χ0n) is 21.8. The highest BCUT2D eigenvalue weighted by Gasteiger charge is 2.45. The number of thiazole rings is 1. The van der Waals surface area contributed by atoms with E-state index < -0.39 is 35.0 Å². The predicted molar refractivity (Wildman–Crippen MR) is 158 cm³/mol. The van der Waals surface area contributed by atoms with Crippen LogP contribution in [0.4, 0.5) is 13.2 Å². The molecule has 7 nitrogen and oxygen atoms in total. The van der Waals surface area contributed by atoms with Gasteiger partial charge >= 0.3 is 12.1 Å². The molecule has 216 valence electrons. The number of halogens is 5. The Kier molecular flexibility index (Phi) is 9.65. The molecular weight excluding hydrogens is 696 g/mol. The number of carbonyl (C=O) groups is 1. The Morgan fingerprint density at radius 3 is 2.51 bits per heavy atom. The lowest BCUT2D eigenvalue weighted by molar-refractivity contribution is -0.140. The van der Waals surface area contributed by atoms with Crippen LogP contribution in [0.15, 0.2) is 70.1 Å². The summed E-state index contributed by atoms with van der Waals surface area (Å²) < 4.78 is 61.2. The highest BCUT2D eigenvalue weighted by molar-refractivity contribution is 14.1. The van der Waals surface area contributed by atoms with Crippen LogP contribution in [0, 0.1) is 3.57 Å². The number of hydrogen-bond donors (Lipinski definition) is 0. The third kappa shape index (κ3) is 6.54. The van der Waals surface area contributed by atoms with E-state index in [0.29, 0.717) is 32.3 Å². The van der Waals surface area contributed by atoms with Crippen molar-refractivity contribution in [2.45, 2.75) is 26.1 Å². The second-order valence-electron chi connectivity index (χ2n) is 8.48. The van der Waals surface area contributed by atoms with E-state index in [2.05, 4.69) is 34.2 Å². The van der Waals surface area contributed by atoms with Gasteiger partial charge in [-0.05, 0) is 77.9 Å². The second-order valence-corrected chi connectivity index (χ2v) is 11.1. The van der Waals surface area contributed by atoms with Crippen molar-refractivity contribution in [3.05, 3.63) is 99.7 Å². The largest absolute Gasteiger partial charge is 0.490 e. The lowest BCUT2D eigenvalue weighted by Crippen LogP contribution is -2.41. The summed E-state index contributed by atoms with van der Waals surface area (Å²) in [6.45, 7) is 7.37. The number of benzene rings is 2. The molecule has 2 heterocycles. The fourth-order valence-electron chi connectivity index (χ4n) is 4.17. The predicted octanol–water partition coefficient (Wildman–Crippen LogP) is 5.56. The highest BCUT2D eigenvalue weighted by atomic mass is 127. The number of aromatic nitrogens is 1. The molecule has 0 amide bonds. The molecule has 1 aliphatic rings. The summed E-state index contributed by atoms with van der Waals surface area (Å²) in [4.78, 5) is 30.3. The van der Waals surface area contributed by atoms with E-state index in [1.54, 1.807) is 18.2 Å². The van der Waals surface area contributed by atoms with E-state index in [-0.39, 0.29) is 28.1 Å². The summed E-state index contributed by atoms with van der Waals surface area (Å²) in [6.07, 6.45) is -1.87. The van der Waals surface area contributed by atoms with Crippen LogP contribution in [0.25, 0.3) is 6.08 Å². The molecular formula is C28H23ClF3IN2O5S. The molecule has 0 saturated heterocycles. The number of hydrogen-bond acceptors (Lipinski definition) is 7. The van der Waals surface area contributed by atoms with Gasteiger partial charge in [0.05, 0.1) is 32.9 Å². The molecule has 3 aromatic rings. The Balaban J connectivity index is 1.98. The Morgan fingerprint density at radius 1 is 1.20 bits per heavy atom. The quantitative estimate of drug-likeness (QED) is 0.165. The number of rotatable bonds is 9. The van der Waals surface area contributed by atoms with Crippen molar-refractivity contribution in [2.24, 2.45) is 4.99 Å². The first-order chi connectivity index (χ1) is 19.5. The van der Waals surface area contributed by atoms with Crippen LogP contribution in [0.1, 0.15) is 31.0 Å². The fourth-order valence-corrected chi connectivity index (χ4v) is 6.08. The molecule has 0 unspecified atom stereocenters. The first-order valence-corrected chi connectivity index (χ1v) is 14.5. The van der Waals surface area contributed by atoms with Gasteiger partial charge in [-0.2, -0.15) is 13.2 Å². The van der Waals surface area contributed by atoms with Gasteiger partial charge in [0.2, 0.25) is 0 Å². The molecule has 0 aliphatic carbocycles. The van der Waals surface area contributed by atoms with Gasteiger partial charge in [-0.1, -0.05) is 47.7 Å². The smallest absolute Gasteiger partial charge is 0.434 e. The third-order valence-electron chi connectivity index (χ3n) is 5.76. The molecule has 1 aliphatic heterocycles. The summed E-state index contributed by atoms with van der Waals surface area (Å²) in [5.74, 6) is -0.283. The average molecular weight is 719 g/mol. The van der Waals surface area contributed by atoms with Crippen molar-refractivity contribution in [2.75, 3.05) is 19.8 Å². The Hall–Kier alpha value is -3.10. The summed E-state index contributed by atoms with van der Waals surface area (Å²) in [5, 5.41) is 0.332. The van der Waals surface area contributed by atoms with Crippen LogP contribution in [0.5, 0.6) is 11.5 Å². The number of esters is 1. The van der Waals surface area contributed by atoms with Crippen LogP contribution >= 0.6 is 45.5 Å². The molecule has 0 radical (unpaired) electrons. The van der Waals surface area contributed by atoms with E-state index in [1.165, 1.54) is 37.3 Å². The van der Waals surface area contributed by atoms with Gasteiger partial charge in [-0.3, -0.25) is 9.36 Å². The lowest BCUT2D eigenvalue weighted by atomic mass is 9.95. The maximum absolute atomic E-state index is 14.3. The number of allylic oxidation sites excluding steroid dienone is 1. The van der Waals surface area contributed by atoms with E-state index >= 15 is 0 Å². The van der Waals surface area contributed by atoms with Crippen molar-refractivity contribution < 1.29 is 32.2 Å². The first-order valence-electron chi connectivity index (χ1n) is 12.3. The van der Waals surface area contributed by atoms with E-state index in [0.717, 1.165) is 15.9 Å². The Labute approximate surface area is 255 Å². The van der Waals surface area contributed by atoms with E-state index in [9.17, 15) is 22.8 Å². The van der Waals surface area contributed by atoms with Crippen molar-refractivity contribution in [1.82, 2.24) is 4.57 Å². The molecule has 41 heavy (non-hydrogen) atoms. The van der Waals surface area contributed by atoms with Crippen molar-refractivity contribution in [3.8, 4) is 11.5 Å². The number of carbonyl (C=O) groups excluding carboxylic acids is 1. The van der Waals surface area contributed by atoms with Gasteiger partial charge in [0.25, 0.3) is 5.56 Å². The molecule has 1 aromatic heterocycles.